The van der Waals surface area contributed by atoms with Gasteiger partial charge in [0.25, 0.3) is 0 Å². The number of ether oxygens (including phenoxy) is 1. The molecule has 0 unspecified atom stereocenters. The number of nitrogens with one attached hydrogen (secondary N) is 1. The van der Waals surface area contributed by atoms with Crippen LogP contribution in [0.3, 0.4) is 0 Å². The number of hydrogen-bond acceptors (Lipinski definition) is 4. The molecule has 1 saturated carbocycles. The van der Waals surface area contributed by atoms with Crippen LogP contribution >= 0.6 is 0 Å². The first kappa shape index (κ1) is 13.0. The second kappa shape index (κ2) is 5.54. The molecular weight excluding hydrogens is 257 g/mol. The molecule has 1 N–H and O–H groups in total. The zero-order valence-corrected chi connectivity index (χ0v) is 11.3. The molecule has 20 heavy (non-hydrogen) atoms. The lowest BCUT2D eigenvalue weighted by Crippen LogP contribution is -2.16. The first-order chi connectivity index (χ1) is 9.72. The van der Waals surface area contributed by atoms with Crippen molar-refractivity contribution < 1.29 is 9.13 Å². The van der Waals surface area contributed by atoms with Crippen molar-refractivity contribution in [2.24, 2.45) is 0 Å². The fraction of sp³-hybridized carbons (Fsp3) is 0.333. The van der Waals surface area contributed by atoms with E-state index in [0.29, 0.717) is 24.2 Å². The van der Waals surface area contributed by atoms with Crippen molar-refractivity contribution in [3.8, 4) is 11.6 Å². The fourth-order valence-electron chi connectivity index (χ4n) is 1.91. The summed E-state index contributed by atoms with van der Waals surface area (Å²) in [5.74, 6) is 0.711. The van der Waals surface area contributed by atoms with Crippen LogP contribution in [0.15, 0.2) is 30.6 Å². The maximum absolute atomic E-state index is 13.3. The Hall–Kier alpha value is -2.01. The van der Waals surface area contributed by atoms with Gasteiger partial charge >= 0.3 is 0 Å². The van der Waals surface area contributed by atoms with E-state index >= 15 is 0 Å². The van der Waals surface area contributed by atoms with E-state index in [0.717, 1.165) is 11.3 Å². The highest BCUT2D eigenvalue weighted by molar-refractivity contribution is 5.34. The SMILES string of the molecule is Cc1ncccc1Oc1ncc(F)cc1CNC1CC1. The Morgan fingerprint density at radius 3 is 3.00 bits per heavy atom. The highest BCUT2D eigenvalue weighted by Crippen LogP contribution is 2.26. The molecule has 0 aliphatic heterocycles. The topological polar surface area (TPSA) is 47.0 Å². The van der Waals surface area contributed by atoms with E-state index in [1.807, 2.05) is 13.0 Å². The molecule has 2 heterocycles. The molecule has 0 radical (unpaired) electrons. The van der Waals surface area contributed by atoms with Gasteiger partial charge in [0.05, 0.1) is 11.9 Å². The van der Waals surface area contributed by atoms with Crippen molar-refractivity contribution in [3.05, 3.63) is 47.7 Å². The molecular formula is C15H16FN3O. The van der Waals surface area contributed by atoms with Gasteiger partial charge < -0.3 is 10.1 Å². The number of aryl methyl sites for hydroxylation is 1. The zero-order valence-electron chi connectivity index (χ0n) is 11.3. The van der Waals surface area contributed by atoms with Gasteiger partial charge in [-0.2, -0.15) is 0 Å². The van der Waals surface area contributed by atoms with Gasteiger partial charge in [0.15, 0.2) is 5.75 Å². The van der Waals surface area contributed by atoms with Crippen LogP contribution in [0.4, 0.5) is 4.39 Å². The van der Waals surface area contributed by atoms with Crippen LogP contribution in [0.25, 0.3) is 0 Å². The molecule has 104 valence electrons. The summed E-state index contributed by atoms with van der Waals surface area (Å²) < 4.78 is 19.1. The minimum atomic E-state index is -0.354. The summed E-state index contributed by atoms with van der Waals surface area (Å²) in [7, 11) is 0. The average molecular weight is 273 g/mol. The smallest absolute Gasteiger partial charge is 0.224 e. The Kier molecular flexibility index (Phi) is 3.60. The molecule has 0 spiro atoms. The van der Waals surface area contributed by atoms with Crippen LogP contribution in [0.1, 0.15) is 24.1 Å². The Morgan fingerprint density at radius 1 is 1.40 bits per heavy atom. The lowest BCUT2D eigenvalue weighted by Gasteiger charge is -2.11. The molecule has 0 saturated heterocycles. The second-order valence-corrected chi connectivity index (χ2v) is 4.96. The van der Waals surface area contributed by atoms with Crippen molar-refractivity contribution in [2.75, 3.05) is 0 Å². The second-order valence-electron chi connectivity index (χ2n) is 4.96. The molecule has 2 aromatic rings. The van der Waals surface area contributed by atoms with E-state index in [4.69, 9.17) is 4.74 Å². The first-order valence-corrected chi connectivity index (χ1v) is 6.69. The predicted molar refractivity (Wildman–Crippen MR) is 73.1 cm³/mol. The molecule has 4 nitrogen and oxygen atoms in total. The van der Waals surface area contributed by atoms with E-state index in [2.05, 4.69) is 15.3 Å². The molecule has 0 amide bonds. The third kappa shape index (κ3) is 3.11. The highest BCUT2D eigenvalue weighted by atomic mass is 19.1. The van der Waals surface area contributed by atoms with Gasteiger partial charge in [-0.15, -0.1) is 0 Å². The van der Waals surface area contributed by atoms with Gasteiger partial charge in [-0.25, -0.2) is 9.37 Å². The maximum atomic E-state index is 13.3. The minimum absolute atomic E-state index is 0.354. The molecule has 1 aliphatic rings. The lowest BCUT2D eigenvalue weighted by atomic mass is 10.2. The summed E-state index contributed by atoms with van der Waals surface area (Å²) in [6.07, 6.45) is 5.23. The van der Waals surface area contributed by atoms with E-state index in [-0.39, 0.29) is 5.82 Å². The normalized spacial score (nSPS) is 14.3. The quantitative estimate of drug-likeness (QED) is 0.909. The molecule has 5 heteroatoms. The van der Waals surface area contributed by atoms with Gasteiger partial charge in [0.2, 0.25) is 5.88 Å². The first-order valence-electron chi connectivity index (χ1n) is 6.69. The average Bonchev–Trinajstić information content (AvgIpc) is 3.25. The molecule has 2 aromatic heterocycles. The molecule has 1 aliphatic carbocycles. The van der Waals surface area contributed by atoms with Gasteiger partial charge in [0, 0.05) is 24.3 Å². The van der Waals surface area contributed by atoms with Crippen molar-refractivity contribution in [3.63, 3.8) is 0 Å². The summed E-state index contributed by atoms with van der Waals surface area (Å²) in [6.45, 7) is 2.42. The summed E-state index contributed by atoms with van der Waals surface area (Å²) >= 11 is 0. The predicted octanol–water partition coefficient (Wildman–Crippen LogP) is 2.97. The van der Waals surface area contributed by atoms with E-state index in [1.54, 1.807) is 12.3 Å². The lowest BCUT2D eigenvalue weighted by molar-refractivity contribution is 0.442. The Morgan fingerprint density at radius 2 is 2.25 bits per heavy atom. The standard InChI is InChI=1S/C15H16FN3O/c1-10-14(3-2-6-17-10)20-15-11(7-12(16)9-19-15)8-18-13-4-5-13/h2-3,6-7,9,13,18H,4-5,8H2,1H3. The number of pyridine rings is 2. The van der Waals surface area contributed by atoms with Crippen molar-refractivity contribution >= 4 is 0 Å². The van der Waals surface area contributed by atoms with Crippen LogP contribution < -0.4 is 10.1 Å². The summed E-state index contributed by atoms with van der Waals surface area (Å²) in [6, 6.07) is 5.63. The molecule has 0 bridgehead atoms. The number of rotatable bonds is 5. The van der Waals surface area contributed by atoms with E-state index in [9.17, 15) is 4.39 Å². The van der Waals surface area contributed by atoms with Crippen molar-refractivity contribution in [1.29, 1.82) is 0 Å². The minimum Gasteiger partial charge on any atom is -0.437 e. The number of hydrogen-bond donors (Lipinski definition) is 1. The zero-order chi connectivity index (χ0) is 13.9. The van der Waals surface area contributed by atoms with Crippen LogP contribution in [0, 0.1) is 12.7 Å². The highest BCUT2D eigenvalue weighted by Gasteiger charge is 2.21. The number of nitrogens with zero attached hydrogens (tertiary/aromatic N) is 2. The number of aromatic nitrogens is 2. The maximum Gasteiger partial charge on any atom is 0.224 e. The Balaban J connectivity index is 1.82. The Bertz CT molecular complexity index is 614. The third-order valence-corrected chi connectivity index (χ3v) is 3.22. The van der Waals surface area contributed by atoms with E-state index < -0.39 is 0 Å². The van der Waals surface area contributed by atoms with Crippen LogP contribution in [0.5, 0.6) is 11.6 Å². The summed E-state index contributed by atoms with van der Waals surface area (Å²) in [5, 5.41) is 3.34. The van der Waals surface area contributed by atoms with Crippen LogP contribution in [-0.2, 0) is 6.54 Å². The van der Waals surface area contributed by atoms with Gasteiger partial charge in [0.1, 0.15) is 5.82 Å². The molecule has 1 fully saturated rings. The van der Waals surface area contributed by atoms with Crippen LogP contribution in [-0.4, -0.2) is 16.0 Å². The van der Waals surface area contributed by atoms with Crippen molar-refractivity contribution in [1.82, 2.24) is 15.3 Å². The largest absolute Gasteiger partial charge is 0.437 e. The third-order valence-electron chi connectivity index (χ3n) is 3.22. The van der Waals surface area contributed by atoms with Gasteiger partial charge in [-0.3, -0.25) is 4.98 Å². The Labute approximate surface area is 117 Å². The summed E-state index contributed by atoms with van der Waals surface area (Å²) in [5.41, 5.74) is 1.50. The van der Waals surface area contributed by atoms with Gasteiger partial charge in [-0.1, -0.05) is 0 Å². The molecule has 0 aromatic carbocycles. The summed E-state index contributed by atoms with van der Waals surface area (Å²) in [4.78, 5) is 8.21. The number of halogens is 1. The molecule has 0 atom stereocenters. The van der Waals surface area contributed by atoms with Gasteiger partial charge in [-0.05, 0) is 38.0 Å². The van der Waals surface area contributed by atoms with E-state index in [1.165, 1.54) is 25.1 Å². The fourth-order valence-corrected chi connectivity index (χ4v) is 1.91. The van der Waals surface area contributed by atoms with Crippen molar-refractivity contribution in [2.45, 2.75) is 32.4 Å². The van der Waals surface area contributed by atoms with Crippen LogP contribution in [0.2, 0.25) is 0 Å². The monoisotopic (exact) mass is 273 g/mol. The molecule has 3 rings (SSSR count).